The zero-order chi connectivity index (χ0) is 31.3. The summed E-state index contributed by atoms with van der Waals surface area (Å²) in [4.78, 5) is 40.0. The van der Waals surface area contributed by atoms with Gasteiger partial charge in [0.1, 0.15) is 24.0 Å². The first-order chi connectivity index (χ1) is 21.8. The van der Waals surface area contributed by atoms with Crippen LogP contribution in [-0.4, -0.2) is 94.6 Å². The number of hydrogen-bond donors (Lipinski definition) is 3. The van der Waals surface area contributed by atoms with Crippen LogP contribution in [0.15, 0.2) is 41.1 Å². The quantitative estimate of drug-likeness (QED) is 0.295. The molecule has 1 atom stereocenters. The van der Waals surface area contributed by atoms with Gasteiger partial charge in [-0.1, -0.05) is 6.07 Å². The molecule has 2 aromatic heterocycles. The number of β-amino-alcohol motifs (C(OH)–C–C–N with tert-alkyl or cyclic N) is 1. The summed E-state index contributed by atoms with van der Waals surface area (Å²) in [5.74, 6) is 2.74. The van der Waals surface area contributed by atoms with Crippen LogP contribution in [0, 0.1) is 6.92 Å². The number of anilines is 2. The first kappa shape index (κ1) is 30.8. The lowest BCUT2D eigenvalue weighted by Gasteiger charge is -2.39. The second kappa shape index (κ2) is 13.9. The second-order valence-electron chi connectivity index (χ2n) is 12.3. The number of nitrogens with one attached hydrogen (secondary N) is 2. The van der Waals surface area contributed by atoms with Gasteiger partial charge in [0.25, 0.3) is 5.91 Å². The molecule has 2 amide bonds. The molecule has 0 bridgehead atoms. The first-order valence-electron chi connectivity index (χ1n) is 15.9. The molecule has 0 spiro atoms. The fourth-order valence-corrected chi connectivity index (χ4v) is 6.16. The SMILES string of the molecule is CC(=O)N1CC(Nc2cc(C(=O)NC[C@H](O)CN3CCc4cc(OCc5ocnc5C)ccc4C3)cc(N3CCCCC3)n2)C1. The molecule has 3 aliphatic rings. The fraction of sp³-hybridized carbons (Fsp3) is 0.515. The maximum Gasteiger partial charge on any atom is 0.251 e. The van der Waals surface area contributed by atoms with E-state index in [0.717, 1.165) is 68.5 Å². The Hall–Kier alpha value is -4.16. The van der Waals surface area contributed by atoms with Gasteiger partial charge in [0.05, 0.1) is 17.8 Å². The molecule has 2 saturated heterocycles. The van der Waals surface area contributed by atoms with Crippen LogP contribution in [0.25, 0.3) is 0 Å². The van der Waals surface area contributed by atoms with Gasteiger partial charge in [0, 0.05) is 64.8 Å². The molecular weight excluding hydrogens is 574 g/mol. The smallest absolute Gasteiger partial charge is 0.251 e. The molecule has 3 aromatic rings. The van der Waals surface area contributed by atoms with Crippen molar-refractivity contribution in [1.82, 2.24) is 25.1 Å². The van der Waals surface area contributed by atoms with Gasteiger partial charge >= 0.3 is 0 Å². The van der Waals surface area contributed by atoms with E-state index in [1.54, 1.807) is 17.9 Å². The third-order valence-corrected chi connectivity index (χ3v) is 8.88. The van der Waals surface area contributed by atoms with Crippen molar-refractivity contribution in [2.24, 2.45) is 0 Å². The highest BCUT2D eigenvalue weighted by Crippen LogP contribution is 2.26. The molecule has 12 nitrogen and oxygen atoms in total. The maximum atomic E-state index is 13.3. The summed E-state index contributed by atoms with van der Waals surface area (Å²) >= 11 is 0. The minimum absolute atomic E-state index is 0.0597. The lowest BCUT2D eigenvalue weighted by Crippen LogP contribution is -2.56. The lowest BCUT2D eigenvalue weighted by molar-refractivity contribution is -0.132. The van der Waals surface area contributed by atoms with Gasteiger partial charge in [0.15, 0.2) is 12.2 Å². The Bertz CT molecular complexity index is 1500. The van der Waals surface area contributed by atoms with Crippen molar-refractivity contribution in [2.45, 2.75) is 64.8 Å². The Balaban J connectivity index is 1.02. The van der Waals surface area contributed by atoms with Crippen LogP contribution in [0.5, 0.6) is 5.75 Å². The number of oxazole rings is 1. The number of carbonyl (C=O) groups is 2. The van der Waals surface area contributed by atoms with Gasteiger partial charge in [-0.25, -0.2) is 9.97 Å². The van der Waals surface area contributed by atoms with E-state index >= 15 is 0 Å². The number of pyridine rings is 1. The Morgan fingerprint density at radius 1 is 1.11 bits per heavy atom. The number of aliphatic hydroxyl groups is 1. The van der Waals surface area contributed by atoms with Gasteiger partial charge in [-0.05, 0) is 68.0 Å². The van der Waals surface area contributed by atoms with Crippen LogP contribution in [0.1, 0.15) is 59.1 Å². The predicted molar refractivity (Wildman–Crippen MR) is 169 cm³/mol. The highest BCUT2D eigenvalue weighted by Gasteiger charge is 2.29. The van der Waals surface area contributed by atoms with Gasteiger partial charge < -0.3 is 34.7 Å². The number of amides is 2. The minimum Gasteiger partial charge on any atom is -0.486 e. The standard InChI is InChI=1S/C33H43N7O5/c1-22-30(45-21-35-22)20-44-29-7-6-25-16-38(11-8-24(25)12-29)19-28(42)15-34-33(43)26-13-31(36-27-17-40(18-27)23(2)41)37-32(14-26)39-9-4-3-5-10-39/h6-7,12-14,21,27-28,42H,3-5,8-11,15-20H2,1-2H3,(H,34,43)(H,36,37)/t28-/m0/s1. The molecular formula is C33H43N7O5. The van der Waals surface area contributed by atoms with E-state index in [9.17, 15) is 14.7 Å². The number of benzene rings is 1. The van der Waals surface area contributed by atoms with E-state index in [1.165, 1.54) is 23.9 Å². The molecule has 45 heavy (non-hydrogen) atoms. The molecule has 6 rings (SSSR count). The van der Waals surface area contributed by atoms with Crippen molar-refractivity contribution in [3.63, 3.8) is 0 Å². The number of rotatable bonds is 11. The van der Waals surface area contributed by atoms with Crippen molar-refractivity contribution in [3.8, 4) is 5.75 Å². The summed E-state index contributed by atoms with van der Waals surface area (Å²) in [6.07, 6.45) is 4.97. The number of carbonyl (C=O) groups excluding carboxylic acids is 2. The topological polar surface area (TPSA) is 136 Å². The Labute approximate surface area is 263 Å². The zero-order valence-corrected chi connectivity index (χ0v) is 26.1. The normalized spacial score (nSPS) is 17.8. The number of hydrogen-bond acceptors (Lipinski definition) is 10. The summed E-state index contributed by atoms with van der Waals surface area (Å²) in [5, 5.41) is 17.2. The van der Waals surface area contributed by atoms with Crippen LogP contribution in [-0.2, 0) is 24.4 Å². The average Bonchev–Trinajstić information content (AvgIpc) is 3.44. The summed E-state index contributed by atoms with van der Waals surface area (Å²) < 4.78 is 11.3. The van der Waals surface area contributed by atoms with E-state index < -0.39 is 6.10 Å². The summed E-state index contributed by atoms with van der Waals surface area (Å²) in [6, 6.07) is 9.83. The van der Waals surface area contributed by atoms with Gasteiger partial charge in [-0.3, -0.25) is 14.5 Å². The molecule has 240 valence electrons. The Morgan fingerprint density at radius 3 is 2.69 bits per heavy atom. The number of ether oxygens (including phenoxy) is 1. The Morgan fingerprint density at radius 2 is 1.93 bits per heavy atom. The molecule has 0 unspecified atom stereocenters. The van der Waals surface area contributed by atoms with Crippen LogP contribution >= 0.6 is 0 Å². The van der Waals surface area contributed by atoms with Crippen molar-refractivity contribution in [2.75, 3.05) is 56.0 Å². The molecule has 5 heterocycles. The molecule has 0 saturated carbocycles. The summed E-state index contributed by atoms with van der Waals surface area (Å²) in [5.41, 5.74) is 3.78. The number of likely N-dealkylation sites (tertiary alicyclic amines) is 1. The van der Waals surface area contributed by atoms with Gasteiger partial charge in [-0.2, -0.15) is 0 Å². The maximum absolute atomic E-state index is 13.3. The number of aliphatic hydroxyl groups excluding tert-OH is 1. The number of aryl methyl sites for hydroxylation is 1. The third kappa shape index (κ3) is 7.74. The van der Waals surface area contributed by atoms with Crippen molar-refractivity contribution < 1.29 is 23.8 Å². The summed E-state index contributed by atoms with van der Waals surface area (Å²) in [6.45, 7) is 9.01. The third-order valence-electron chi connectivity index (χ3n) is 8.88. The van der Waals surface area contributed by atoms with Crippen LogP contribution < -0.4 is 20.3 Å². The van der Waals surface area contributed by atoms with Crippen molar-refractivity contribution in [1.29, 1.82) is 0 Å². The zero-order valence-electron chi connectivity index (χ0n) is 26.1. The van der Waals surface area contributed by atoms with Crippen molar-refractivity contribution >= 4 is 23.5 Å². The van der Waals surface area contributed by atoms with Crippen LogP contribution in [0.2, 0.25) is 0 Å². The fourth-order valence-electron chi connectivity index (χ4n) is 6.16. The van der Waals surface area contributed by atoms with E-state index in [0.29, 0.717) is 37.6 Å². The van der Waals surface area contributed by atoms with E-state index in [4.69, 9.17) is 14.1 Å². The molecule has 3 N–H and O–H groups in total. The van der Waals surface area contributed by atoms with Crippen LogP contribution in [0.3, 0.4) is 0 Å². The highest BCUT2D eigenvalue weighted by atomic mass is 16.5. The summed E-state index contributed by atoms with van der Waals surface area (Å²) in [7, 11) is 0. The van der Waals surface area contributed by atoms with Gasteiger partial charge in [-0.15, -0.1) is 0 Å². The van der Waals surface area contributed by atoms with Crippen LogP contribution in [0.4, 0.5) is 11.6 Å². The highest BCUT2D eigenvalue weighted by molar-refractivity contribution is 5.95. The van der Waals surface area contributed by atoms with E-state index in [2.05, 4.69) is 37.6 Å². The van der Waals surface area contributed by atoms with Crippen molar-refractivity contribution in [3.05, 3.63) is 64.9 Å². The number of fused-ring (bicyclic) bond motifs is 1. The number of piperidine rings is 1. The molecule has 1 aromatic carbocycles. The molecule has 2 fully saturated rings. The molecule has 12 heteroatoms. The first-order valence-corrected chi connectivity index (χ1v) is 15.9. The molecule has 0 aliphatic carbocycles. The van der Waals surface area contributed by atoms with Gasteiger partial charge in [0.2, 0.25) is 5.91 Å². The van der Waals surface area contributed by atoms with E-state index in [-0.39, 0.29) is 24.4 Å². The monoisotopic (exact) mass is 617 g/mol. The Kier molecular flexibility index (Phi) is 9.50. The molecule has 0 radical (unpaired) electrons. The largest absolute Gasteiger partial charge is 0.486 e. The number of nitrogens with zero attached hydrogens (tertiary/aromatic N) is 5. The molecule has 3 aliphatic heterocycles. The lowest BCUT2D eigenvalue weighted by atomic mass is 9.99. The second-order valence-corrected chi connectivity index (χ2v) is 12.3. The minimum atomic E-state index is -0.711. The average molecular weight is 618 g/mol. The predicted octanol–water partition coefficient (Wildman–Crippen LogP) is 2.74. The van der Waals surface area contributed by atoms with E-state index in [1.807, 2.05) is 19.1 Å². The number of aromatic nitrogens is 2.